The summed E-state index contributed by atoms with van der Waals surface area (Å²) in [6, 6.07) is 9.86. The van der Waals surface area contributed by atoms with E-state index < -0.39 is 0 Å². The molecule has 6 heteroatoms. The van der Waals surface area contributed by atoms with Gasteiger partial charge in [-0.3, -0.25) is 14.3 Å². The zero-order chi connectivity index (χ0) is 13.2. The van der Waals surface area contributed by atoms with Crippen LogP contribution in [-0.4, -0.2) is 19.5 Å². The monoisotopic (exact) mass is 270 g/mol. The Morgan fingerprint density at radius 1 is 1.16 bits per heavy atom. The molecule has 94 valence electrons. The molecule has 0 saturated carbocycles. The van der Waals surface area contributed by atoms with Crippen molar-refractivity contribution >= 4 is 23.4 Å². The van der Waals surface area contributed by atoms with Gasteiger partial charge in [-0.05, 0) is 17.8 Å². The van der Waals surface area contributed by atoms with Gasteiger partial charge in [-0.15, -0.1) is 0 Å². The Hall–Kier alpha value is -2.34. The largest absolute Gasteiger partial charge is 0.297 e. The summed E-state index contributed by atoms with van der Waals surface area (Å²) in [6.45, 7) is 0.547. The number of aromatic amines is 1. The first-order valence-electron chi connectivity index (χ1n) is 5.73. The fraction of sp³-hybridized carbons (Fsp3) is 0.0769. The second-order valence-electron chi connectivity index (χ2n) is 4.06. The van der Waals surface area contributed by atoms with E-state index in [1.165, 1.54) is 6.20 Å². The molecule has 0 radical (unpaired) electrons. The summed E-state index contributed by atoms with van der Waals surface area (Å²) in [5.41, 5.74) is 1.57. The standard InChI is InChI=1S/C13H10N4OS/c18-12-10-11(15-7-6-14-10)17(13(19)16-12)8-9-4-2-1-3-5-9/h1-7H,8H2,(H,16,18,19). The fourth-order valence-corrected chi connectivity index (χ4v) is 2.16. The molecule has 0 spiro atoms. The van der Waals surface area contributed by atoms with E-state index in [1.807, 2.05) is 30.3 Å². The van der Waals surface area contributed by atoms with Crippen LogP contribution in [0.2, 0.25) is 0 Å². The van der Waals surface area contributed by atoms with Crippen LogP contribution in [0.5, 0.6) is 0 Å². The lowest BCUT2D eigenvalue weighted by molar-refractivity contribution is 0.768. The third-order valence-electron chi connectivity index (χ3n) is 2.80. The van der Waals surface area contributed by atoms with Gasteiger partial charge in [0.1, 0.15) is 0 Å². The lowest BCUT2D eigenvalue weighted by Crippen LogP contribution is -2.17. The maximum absolute atomic E-state index is 11.8. The summed E-state index contributed by atoms with van der Waals surface area (Å²) in [4.78, 5) is 22.7. The van der Waals surface area contributed by atoms with E-state index in [2.05, 4.69) is 15.0 Å². The highest BCUT2D eigenvalue weighted by molar-refractivity contribution is 7.71. The highest BCUT2D eigenvalue weighted by atomic mass is 32.1. The van der Waals surface area contributed by atoms with Crippen molar-refractivity contribution in [3.05, 3.63) is 63.4 Å². The molecule has 3 aromatic rings. The van der Waals surface area contributed by atoms with E-state index in [0.29, 0.717) is 22.5 Å². The summed E-state index contributed by atoms with van der Waals surface area (Å²) in [7, 11) is 0. The molecule has 0 aliphatic carbocycles. The first kappa shape index (κ1) is 11.7. The number of H-pyrrole nitrogens is 1. The Balaban J connectivity index is 2.24. The van der Waals surface area contributed by atoms with Crippen LogP contribution in [0.25, 0.3) is 11.2 Å². The molecule has 0 aliphatic rings. The number of rotatable bonds is 2. The molecule has 2 heterocycles. The first-order chi connectivity index (χ1) is 9.25. The van der Waals surface area contributed by atoms with Crippen LogP contribution in [0.4, 0.5) is 0 Å². The molecule has 5 nitrogen and oxygen atoms in total. The number of benzene rings is 1. The summed E-state index contributed by atoms with van der Waals surface area (Å²) in [5.74, 6) is 0. The molecular weight excluding hydrogens is 260 g/mol. The molecule has 19 heavy (non-hydrogen) atoms. The number of hydrogen-bond acceptors (Lipinski definition) is 4. The molecule has 0 amide bonds. The van der Waals surface area contributed by atoms with Gasteiger partial charge in [-0.2, -0.15) is 0 Å². The number of nitrogens with zero attached hydrogens (tertiary/aromatic N) is 3. The predicted octanol–water partition coefficient (Wildman–Crippen LogP) is 1.90. The minimum Gasteiger partial charge on any atom is -0.297 e. The normalized spacial score (nSPS) is 10.7. The smallest absolute Gasteiger partial charge is 0.279 e. The van der Waals surface area contributed by atoms with Gasteiger partial charge in [-0.25, -0.2) is 9.97 Å². The summed E-state index contributed by atoms with van der Waals surface area (Å²) >= 11 is 5.21. The number of nitrogens with one attached hydrogen (secondary N) is 1. The lowest BCUT2D eigenvalue weighted by atomic mass is 10.2. The van der Waals surface area contributed by atoms with Gasteiger partial charge in [0.2, 0.25) is 0 Å². The quantitative estimate of drug-likeness (QED) is 0.722. The second-order valence-corrected chi connectivity index (χ2v) is 4.45. The molecule has 0 bridgehead atoms. The minimum absolute atomic E-state index is 0.298. The first-order valence-corrected chi connectivity index (χ1v) is 6.14. The maximum atomic E-state index is 11.8. The Morgan fingerprint density at radius 3 is 2.68 bits per heavy atom. The van der Waals surface area contributed by atoms with E-state index in [0.717, 1.165) is 5.56 Å². The molecule has 3 rings (SSSR count). The number of hydrogen-bond donors (Lipinski definition) is 1. The molecule has 0 aliphatic heterocycles. The van der Waals surface area contributed by atoms with E-state index in [9.17, 15) is 4.79 Å². The molecule has 2 aromatic heterocycles. The second kappa shape index (κ2) is 4.74. The van der Waals surface area contributed by atoms with Crippen LogP contribution < -0.4 is 5.56 Å². The van der Waals surface area contributed by atoms with Crippen LogP contribution >= 0.6 is 12.2 Å². The van der Waals surface area contributed by atoms with Crippen molar-refractivity contribution in [3.63, 3.8) is 0 Å². The molecule has 0 fully saturated rings. The zero-order valence-corrected chi connectivity index (χ0v) is 10.7. The van der Waals surface area contributed by atoms with Gasteiger partial charge in [0.25, 0.3) is 5.56 Å². The Morgan fingerprint density at radius 2 is 1.89 bits per heavy atom. The summed E-state index contributed by atoms with van der Waals surface area (Å²) in [5, 5.41) is 0. The molecule has 0 saturated heterocycles. The van der Waals surface area contributed by atoms with E-state index >= 15 is 0 Å². The van der Waals surface area contributed by atoms with Crippen molar-refractivity contribution in [1.82, 2.24) is 19.5 Å². The average molecular weight is 270 g/mol. The Labute approximate surface area is 113 Å². The van der Waals surface area contributed by atoms with Crippen LogP contribution in [0.3, 0.4) is 0 Å². The van der Waals surface area contributed by atoms with Crippen molar-refractivity contribution in [1.29, 1.82) is 0 Å². The van der Waals surface area contributed by atoms with Gasteiger partial charge >= 0.3 is 0 Å². The van der Waals surface area contributed by atoms with Gasteiger partial charge in [0.05, 0.1) is 6.54 Å². The Bertz CT molecular complexity index is 838. The highest BCUT2D eigenvalue weighted by Crippen LogP contribution is 2.08. The molecule has 1 N–H and O–H groups in total. The Kier molecular flexibility index (Phi) is 2.92. The van der Waals surface area contributed by atoms with Crippen LogP contribution in [0, 0.1) is 4.77 Å². The van der Waals surface area contributed by atoms with Crippen LogP contribution in [-0.2, 0) is 6.54 Å². The third kappa shape index (κ3) is 2.17. The van der Waals surface area contributed by atoms with Crippen molar-refractivity contribution in [3.8, 4) is 0 Å². The number of aromatic nitrogens is 4. The van der Waals surface area contributed by atoms with Crippen molar-refractivity contribution in [2.24, 2.45) is 0 Å². The summed E-state index contributed by atoms with van der Waals surface area (Å²) < 4.78 is 2.12. The molecule has 0 atom stereocenters. The van der Waals surface area contributed by atoms with Gasteiger partial charge in [-0.1, -0.05) is 30.3 Å². The molecule has 1 aromatic carbocycles. The topological polar surface area (TPSA) is 63.6 Å². The van der Waals surface area contributed by atoms with E-state index in [-0.39, 0.29) is 5.56 Å². The maximum Gasteiger partial charge on any atom is 0.279 e. The third-order valence-corrected chi connectivity index (χ3v) is 3.12. The van der Waals surface area contributed by atoms with Crippen molar-refractivity contribution in [2.45, 2.75) is 6.54 Å². The lowest BCUT2D eigenvalue weighted by Gasteiger charge is -2.09. The molecule has 0 unspecified atom stereocenters. The highest BCUT2D eigenvalue weighted by Gasteiger charge is 2.07. The molecular formula is C13H10N4OS. The van der Waals surface area contributed by atoms with Gasteiger partial charge < -0.3 is 0 Å². The average Bonchev–Trinajstić information content (AvgIpc) is 2.45. The van der Waals surface area contributed by atoms with Crippen molar-refractivity contribution in [2.75, 3.05) is 0 Å². The van der Waals surface area contributed by atoms with Crippen LogP contribution in [0.15, 0.2) is 47.5 Å². The van der Waals surface area contributed by atoms with Crippen LogP contribution in [0.1, 0.15) is 5.56 Å². The van der Waals surface area contributed by atoms with E-state index in [1.54, 1.807) is 10.8 Å². The fourth-order valence-electron chi connectivity index (χ4n) is 1.92. The van der Waals surface area contributed by atoms with Gasteiger partial charge in [0, 0.05) is 12.4 Å². The van der Waals surface area contributed by atoms with Crippen molar-refractivity contribution < 1.29 is 0 Å². The minimum atomic E-state index is -0.308. The van der Waals surface area contributed by atoms with E-state index in [4.69, 9.17) is 12.2 Å². The number of fused-ring (bicyclic) bond motifs is 1. The summed E-state index contributed by atoms with van der Waals surface area (Å²) in [6.07, 6.45) is 3.05. The van der Waals surface area contributed by atoms with Gasteiger partial charge in [0.15, 0.2) is 15.9 Å². The zero-order valence-electron chi connectivity index (χ0n) is 9.91. The SMILES string of the molecule is O=c1[nH]c(=S)n(Cc2ccccc2)c2nccnc12. The predicted molar refractivity (Wildman–Crippen MR) is 74.5 cm³/mol.